The largest absolute Gasteiger partial charge is 0.315 e. The topological polar surface area (TPSA) is 73.8 Å². The zero-order valence-electron chi connectivity index (χ0n) is 17.6. The van der Waals surface area contributed by atoms with Crippen molar-refractivity contribution in [3.63, 3.8) is 0 Å². The number of carbonyl (C=O) groups is 1. The van der Waals surface area contributed by atoms with E-state index in [1.54, 1.807) is 34.9 Å². The molecule has 5 rings (SSSR count). The van der Waals surface area contributed by atoms with Crippen LogP contribution < -0.4 is 0 Å². The molecule has 9 heteroatoms. The zero-order valence-corrected chi connectivity index (χ0v) is 19.2. The number of aryl methyl sites for hydroxylation is 1. The van der Waals surface area contributed by atoms with Gasteiger partial charge in [-0.25, -0.2) is 4.39 Å². The average Bonchev–Trinajstić information content (AvgIpc) is 3.32. The van der Waals surface area contributed by atoms with Gasteiger partial charge in [-0.3, -0.25) is 10.2 Å². The molecule has 2 aliphatic rings. The molecule has 3 aromatic rings. The Balaban J connectivity index is 1.53. The third kappa shape index (κ3) is 3.61. The number of carbonyl (C=O) groups excluding carboxylic acids is 1. The summed E-state index contributed by atoms with van der Waals surface area (Å²) in [6, 6.07) is 15.6. The monoisotopic (exact) mass is 477 g/mol. The van der Waals surface area contributed by atoms with E-state index in [4.69, 9.17) is 17.0 Å². The minimum atomic E-state index is -0.523. The summed E-state index contributed by atoms with van der Waals surface area (Å²) in [6.45, 7) is 3.71. The maximum Gasteiger partial charge on any atom is 0.283 e. The van der Waals surface area contributed by atoms with Crippen molar-refractivity contribution in [2.24, 2.45) is 10.1 Å². The Morgan fingerprint density at radius 3 is 2.61 bits per heavy atom. The van der Waals surface area contributed by atoms with Gasteiger partial charge >= 0.3 is 0 Å². The second kappa shape index (κ2) is 8.13. The van der Waals surface area contributed by atoms with Crippen molar-refractivity contribution in [3.8, 4) is 5.69 Å². The molecule has 0 radical (unpaired) electrons. The Morgan fingerprint density at radius 2 is 1.85 bits per heavy atom. The number of nitrogens with zero attached hydrogens (tertiary/aromatic N) is 4. The highest BCUT2D eigenvalue weighted by atomic mass is 35.5. The fraction of sp³-hybridized carbons (Fsp3) is 0.0833. The van der Waals surface area contributed by atoms with E-state index in [1.165, 1.54) is 22.8 Å². The molecule has 0 saturated heterocycles. The Kier molecular flexibility index (Phi) is 5.26. The minimum Gasteiger partial charge on any atom is -0.315 e. The standard InChI is InChI=1S/C24H17ClFN5OS/c1-13-11-15(14(2)30(13)20-10-6-5-9-19(20)26)12-17-21(27)31-24(28-22(17)32)33-23(29-31)16-7-3-4-8-18(16)25/h3-12,27H,1-2H3. The van der Waals surface area contributed by atoms with Crippen molar-refractivity contribution in [2.45, 2.75) is 13.8 Å². The molecule has 2 aromatic carbocycles. The number of amidine groups is 2. The predicted octanol–water partition coefficient (Wildman–Crippen LogP) is 5.55. The molecule has 1 aromatic heterocycles. The summed E-state index contributed by atoms with van der Waals surface area (Å²) >= 11 is 7.48. The highest BCUT2D eigenvalue weighted by molar-refractivity contribution is 8.27. The number of halogens is 2. The number of aromatic nitrogens is 1. The fourth-order valence-corrected chi connectivity index (χ4v) is 5.04. The molecule has 164 valence electrons. The van der Waals surface area contributed by atoms with Crippen LogP contribution in [0.3, 0.4) is 0 Å². The molecule has 1 N–H and O–H groups in total. The van der Waals surface area contributed by atoms with Gasteiger partial charge < -0.3 is 4.57 Å². The number of nitrogens with one attached hydrogen (secondary N) is 1. The number of benzene rings is 2. The lowest BCUT2D eigenvalue weighted by Gasteiger charge is -2.20. The van der Waals surface area contributed by atoms with Crippen LogP contribution in [0.2, 0.25) is 5.02 Å². The van der Waals surface area contributed by atoms with Crippen LogP contribution in [0.5, 0.6) is 0 Å². The molecular weight excluding hydrogens is 461 g/mol. The molecule has 6 nitrogen and oxygen atoms in total. The maximum absolute atomic E-state index is 14.4. The van der Waals surface area contributed by atoms with Crippen molar-refractivity contribution in [3.05, 3.63) is 93.5 Å². The quantitative estimate of drug-likeness (QED) is 0.502. The number of thioether (sulfide) groups is 1. The number of hydrogen-bond acceptors (Lipinski definition) is 4. The van der Waals surface area contributed by atoms with Crippen LogP contribution in [0, 0.1) is 25.1 Å². The van der Waals surface area contributed by atoms with Gasteiger partial charge in [-0.2, -0.15) is 15.1 Å². The van der Waals surface area contributed by atoms with Crippen LogP contribution in [0.4, 0.5) is 4.39 Å². The molecular formula is C24H17ClFN5OS. The molecule has 0 fully saturated rings. The van der Waals surface area contributed by atoms with E-state index >= 15 is 0 Å². The van der Waals surface area contributed by atoms with Crippen molar-refractivity contribution in [1.82, 2.24) is 9.58 Å². The highest BCUT2D eigenvalue weighted by Crippen LogP contribution is 2.33. The second-order valence-electron chi connectivity index (χ2n) is 7.52. The second-order valence-corrected chi connectivity index (χ2v) is 8.88. The van der Waals surface area contributed by atoms with Crippen LogP contribution in [0.1, 0.15) is 22.5 Å². The van der Waals surface area contributed by atoms with E-state index < -0.39 is 5.91 Å². The summed E-state index contributed by atoms with van der Waals surface area (Å²) in [6.07, 6.45) is 1.61. The van der Waals surface area contributed by atoms with Crippen molar-refractivity contribution < 1.29 is 9.18 Å². The summed E-state index contributed by atoms with van der Waals surface area (Å²) in [7, 11) is 0. The molecule has 3 heterocycles. The number of hydrogen-bond donors (Lipinski definition) is 1. The molecule has 0 aliphatic carbocycles. The normalized spacial score (nSPS) is 16.8. The molecule has 0 atom stereocenters. The minimum absolute atomic E-state index is 0.0738. The summed E-state index contributed by atoms with van der Waals surface area (Å²) in [5.74, 6) is -0.940. The van der Waals surface area contributed by atoms with E-state index in [0.29, 0.717) is 32.0 Å². The van der Waals surface area contributed by atoms with E-state index in [-0.39, 0.29) is 17.2 Å². The number of rotatable bonds is 3. The Hall–Kier alpha value is -3.49. The fourth-order valence-electron chi connectivity index (χ4n) is 3.83. The lowest BCUT2D eigenvalue weighted by molar-refractivity contribution is -0.114. The van der Waals surface area contributed by atoms with Gasteiger partial charge in [0.1, 0.15) is 10.9 Å². The van der Waals surface area contributed by atoms with Crippen molar-refractivity contribution in [2.75, 3.05) is 0 Å². The highest BCUT2D eigenvalue weighted by Gasteiger charge is 2.36. The number of amides is 1. The van der Waals surface area contributed by atoms with E-state index in [2.05, 4.69) is 10.1 Å². The number of hydrazone groups is 1. The van der Waals surface area contributed by atoms with E-state index in [0.717, 1.165) is 11.4 Å². The van der Waals surface area contributed by atoms with Crippen LogP contribution >= 0.6 is 23.4 Å². The van der Waals surface area contributed by atoms with Gasteiger partial charge in [0.05, 0.1) is 16.3 Å². The molecule has 1 amide bonds. The number of para-hydroxylation sites is 1. The third-order valence-electron chi connectivity index (χ3n) is 5.42. The summed E-state index contributed by atoms with van der Waals surface area (Å²) in [4.78, 5) is 17.0. The van der Waals surface area contributed by atoms with Gasteiger partial charge in [0.25, 0.3) is 5.91 Å². The van der Waals surface area contributed by atoms with Crippen LogP contribution in [0.15, 0.2) is 70.3 Å². The number of aliphatic imine (C=N–C) groups is 1. The van der Waals surface area contributed by atoms with Crippen molar-refractivity contribution >= 4 is 51.4 Å². The Bertz CT molecular complexity index is 1440. The van der Waals surface area contributed by atoms with Gasteiger partial charge in [0, 0.05) is 17.0 Å². The van der Waals surface area contributed by atoms with E-state index in [1.807, 2.05) is 38.1 Å². The van der Waals surface area contributed by atoms with Crippen LogP contribution in [-0.2, 0) is 4.79 Å². The molecule has 2 aliphatic heterocycles. The predicted molar refractivity (Wildman–Crippen MR) is 131 cm³/mol. The first kappa shape index (κ1) is 21.4. The first-order valence-corrected chi connectivity index (χ1v) is 11.2. The zero-order chi connectivity index (χ0) is 23.3. The summed E-state index contributed by atoms with van der Waals surface area (Å²) in [5.41, 5.74) is 3.49. The summed E-state index contributed by atoms with van der Waals surface area (Å²) in [5, 5.41) is 15.8. The molecule has 0 unspecified atom stereocenters. The number of fused-ring (bicyclic) bond motifs is 1. The first-order chi connectivity index (χ1) is 15.8. The summed E-state index contributed by atoms with van der Waals surface area (Å²) < 4.78 is 16.2. The van der Waals surface area contributed by atoms with Gasteiger partial charge in [-0.05, 0) is 61.5 Å². The van der Waals surface area contributed by atoms with Crippen LogP contribution in [0.25, 0.3) is 11.8 Å². The SMILES string of the molecule is Cc1cc(C=C2C(=N)N3N=C(c4ccccc4Cl)SC3=NC2=O)c(C)n1-c1ccccc1F. The molecule has 0 bridgehead atoms. The third-order valence-corrected chi connectivity index (χ3v) is 6.69. The van der Waals surface area contributed by atoms with Gasteiger partial charge in [-0.1, -0.05) is 41.9 Å². The molecule has 0 spiro atoms. The van der Waals surface area contributed by atoms with Gasteiger partial charge in [0.2, 0.25) is 5.17 Å². The Morgan fingerprint density at radius 1 is 1.12 bits per heavy atom. The van der Waals surface area contributed by atoms with Gasteiger partial charge in [0.15, 0.2) is 5.84 Å². The van der Waals surface area contributed by atoms with Crippen molar-refractivity contribution in [1.29, 1.82) is 5.41 Å². The molecule has 33 heavy (non-hydrogen) atoms. The first-order valence-electron chi connectivity index (χ1n) is 10.0. The Labute approximate surface area is 198 Å². The van der Waals surface area contributed by atoms with Crippen LogP contribution in [-0.4, -0.2) is 31.5 Å². The average molecular weight is 478 g/mol. The molecule has 0 saturated carbocycles. The maximum atomic E-state index is 14.4. The van der Waals surface area contributed by atoms with E-state index in [9.17, 15) is 9.18 Å². The van der Waals surface area contributed by atoms with Gasteiger partial charge in [-0.15, -0.1) is 0 Å². The smallest absolute Gasteiger partial charge is 0.283 e. The lowest BCUT2D eigenvalue weighted by atomic mass is 10.1. The lowest BCUT2D eigenvalue weighted by Crippen LogP contribution is -2.35.